The Balaban J connectivity index is 1.97. The van der Waals surface area contributed by atoms with Crippen LogP contribution in [-0.2, 0) is 9.53 Å². The first kappa shape index (κ1) is 29.3. The van der Waals surface area contributed by atoms with Gasteiger partial charge in [0.05, 0.1) is 31.7 Å². The summed E-state index contributed by atoms with van der Waals surface area (Å²) in [6.45, 7) is 7.67. The second kappa shape index (κ2) is 12.5. The van der Waals surface area contributed by atoms with Crippen LogP contribution in [0.2, 0.25) is 5.02 Å². The standard InChI is InChI=1S/C28H35ClN2O7/c1-14(2)31-17-7-8-18(20(29)11-17)21(33)12-22(34)26-24(37-6)13-23(36-5)25(28(26)35)19-9-10-30-27(19)15(3)38-16(4)32/h7-8,11,13-15,19,27,30-31,35H,9-10,12H2,1-6H3. The number of carbonyl (C=O) groups is 3. The van der Waals surface area contributed by atoms with E-state index in [1.54, 1.807) is 25.1 Å². The minimum absolute atomic E-state index is 0.0824. The van der Waals surface area contributed by atoms with E-state index in [1.807, 2.05) is 13.8 Å². The Kier molecular flexibility index (Phi) is 9.62. The molecule has 1 aliphatic rings. The number of phenols is 1. The lowest BCUT2D eigenvalue weighted by molar-refractivity contribution is -0.146. The maximum absolute atomic E-state index is 13.4. The number of ether oxygens (including phenoxy) is 3. The molecule has 3 unspecified atom stereocenters. The molecule has 1 heterocycles. The molecule has 3 atom stereocenters. The Hall–Kier alpha value is -3.30. The first-order valence-corrected chi connectivity index (χ1v) is 12.9. The molecule has 2 aromatic rings. The van der Waals surface area contributed by atoms with Gasteiger partial charge >= 0.3 is 5.97 Å². The number of rotatable bonds is 11. The van der Waals surface area contributed by atoms with Crippen molar-refractivity contribution in [1.82, 2.24) is 5.32 Å². The van der Waals surface area contributed by atoms with E-state index in [1.165, 1.54) is 27.2 Å². The number of esters is 1. The molecular weight excluding hydrogens is 512 g/mol. The predicted octanol–water partition coefficient (Wildman–Crippen LogP) is 4.74. The largest absolute Gasteiger partial charge is 0.507 e. The molecule has 0 amide bonds. The van der Waals surface area contributed by atoms with Crippen LogP contribution in [0.3, 0.4) is 0 Å². The normalized spacial score (nSPS) is 17.7. The summed E-state index contributed by atoms with van der Waals surface area (Å²) in [7, 11) is 2.82. The third kappa shape index (κ3) is 6.39. The number of methoxy groups -OCH3 is 2. The summed E-state index contributed by atoms with van der Waals surface area (Å²) in [6.07, 6.45) is -0.421. The highest BCUT2D eigenvalue weighted by atomic mass is 35.5. The number of anilines is 1. The third-order valence-electron chi connectivity index (χ3n) is 6.53. The van der Waals surface area contributed by atoms with E-state index in [-0.39, 0.29) is 45.7 Å². The van der Waals surface area contributed by atoms with Gasteiger partial charge in [0, 0.05) is 41.8 Å². The highest BCUT2D eigenvalue weighted by Gasteiger charge is 2.39. The molecular formula is C28H35ClN2O7. The molecule has 2 aromatic carbocycles. The molecule has 0 bridgehead atoms. The van der Waals surface area contributed by atoms with Crippen LogP contribution >= 0.6 is 11.6 Å². The summed E-state index contributed by atoms with van der Waals surface area (Å²) in [4.78, 5) is 38.1. The van der Waals surface area contributed by atoms with Gasteiger partial charge in [-0.15, -0.1) is 0 Å². The molecule has 1 fully saturated rings. The molecule has 0 spiro atoms. The molecule has 1 aliphatic heterocycles. The third-order valence-corrected chi connectivity index (χ3v) is 6.84. The van der Waals surface area contributed by atoms with Gasteiger partial charge in [-0.3, -0.25) is 14.4 Å². The Morgan fingerprint density at radius 2 is 1.79 bits per heavy atom. The van der Waals surface area contributed by atoms with Crippen molar-refractivity contribution in [2.45, 2.75) is 64.6 Å². The molecule has 0 radical (unpaired) electrons. The van der Waals surface area contributed by atoms with Crippen molar-refractivity contribution in [2.75, 3.05) is 26.1 Å². The van der Waals surface area contributed by atoms with Crippen LogP contribution in [0.1, 0.15) is 72.7 Å². The highest BCUT2D eigenvalue weighted by Crippen LogP contribution is 2.47. The summed E-state index contributed by atoms with van der Waals surface area (Å²) < 4.78 is 16.3. The highest BCUT2D eigenvalue weighted by molar-refractivity contribution is 6.35. The van der Waals surface area contributed by atoms with Gasteiger partial charge in [0.1, 0.15) is 28.9 Å². The van der Waals surface area contributed by atoms with Gasteiger partial charge in [0.25, 0.3) is 0 Å². The summed E-state index contributed by atoms with van der Waals surface area (Å²) in [6, 6.07) is 6.32. The summed E-state index contributed by atoms with van der Waals surface area (Å²) in [5, 5.41) is 18.2. The maximum atomic E-state index is 13.4. The number of hydrogen-bond donors (Lipinski definition) is 3. The van der Waals surface area contributed by atoms with Crippen LogP contribution in [0.25, 0.3) is 0 Å². The van der Waals surface area contributed by atoms with Crippen molar-refractivity contribution in [2.24, 2.45) is 0 Å². The lowest BCUT2D eigenvalue weighted by Gasteiger charge is -2.28. The van der Waals surface area contributed by atoms with Crippen LogP contribution in [-0.4, -0.2) is 61.6 Å². The second-order valence-electron chi connectivity index (χ2n) is 9.62. The zero-order chi connectivity index (χ0) is 28.1. The summed E-state index contributed by atoms with van der Waals surface area (Å²) >= 11 is 6.35. The Bertz CT molecular complexity index is 1210. The van der Waals surface area contributed by atoms with Gasteiger partial charge in [-0.25, -0.2) is 0 Å². The Labute approximate surface area is 227 Å². The molecule has 9 nitrogen and oxygen atoms in total. The molecule has 3 rings (SSSR count). The molecule has 206 valence electrons. The van der Waals surface area contributed by atoms with Gasteiger partial charge < -0.3 is 30.0 Å². The first-order chi connectivity index (χ1) is 18.0. The Morgan fingerprint density at radius 1 is 1.11 bits per heavy atom. The number of aromatic hydroxyl groups is 1. The number of ketones is 2. The first-order valence-electron chi connectivity index (χ1n) is 12.5. The Morgan fingerprint density at radius 3 is 2.37 bits per heavy atom. The SMILES string of the molecule is COc1cc(OC)c(C2CCNC2C(C)OC(C)=O)c(O)c1C(=O)CC(=O)c1ccc(NC(C)C)cc1Cl. The molecule has 0 saturated carbocycles. The van der Waals surface area contributed by atoms with E-state index < -0.39 is 30.1 Å². The average Bonchev–Trinajstić information content (AvgIpc) is 3.31. The number of nitrogens with one attached hydrogen (secondary N) is 2. The number of phenolic OH excluding ortho intramolecular Hbond substituents is 1. The number of carbonyl (C=O) groups excluding carboxylic acids is 3. The van der Waals surface area contributed by atoms with Crippen molar-refractivity contribution < 1.29 is 33.7 Å². The topological polar surface area (TPSA) is 123 Å². The van der Waals surface area contributed by atoms with Crippen LogP contribution in [0.15, 0.2) is 24.3 Å². The molecule has 0 aliphatic carbocycles. The molecule has 38 heavy (non-hydrogen) atoms. The lowest BCUT2D eigenvalue weighted by atomic mass is 9.85. The van der Waals surface area contributed by atoms with Crippen molar-refractivity contribution in [3.63, 3.8) is 0 Å². The van der Waals surface area contributed by atoms with Crippen LogP contribution in [0.5, 0.6) is 17.2 Å². The van der Waals surface area contributed by atoms with Gasteiger partial charge in [0.2, 0.25) is 0 Å². The number of benzene rings is 2. The number of hydrogen-bond acceptors (Lipinski definition) is 9. The zero-order valence-corrected chi connectivity index (χ0v) is 23.3. The van der Waals surface area contributed by atoms with E-state index in [2.05, 4.69) is 10.6 Å². The second-order valence-corrected chi connectivity index (χ2v) is 10.0. The number of Topliss-reactive ketones (excluding diaryl/α,β-unsaturated/α-hetero) is 2. The van der Waals surface area contributed by atoms with Crippen LogP contribution < -0.4 is 20.1 Å². The van der Waals surface area contributed by atoms with Crippen LogP contribution in [0.4, 0.5) is 5.69 Å². The predicted molar refractivity (Wildman–Crippen MR) is 145 cm³/mol. The summed E-state index contributed by atoms with van der Waals surface area (Å²) in [5.41, 5.74) is 1.24. The van der Waals surface area contributed by atoms with Gasteiger partial charge in [0.15, 0.2) is 11.6 Å². The van der Waals surface area contributed by atoms with E-state index in [9.17, 15) is 19.5 Å². The summed E-state index contributed by atoms with van der Waals surface area (Å²) in [5.74, 6) is -1.77. The maximum Gasteiger partial charge on any atom is 0.302 e. The van der Waals surface area contributed by atoms with Gasteiger partial charge in [-0.1, -0.05) is 11.6 Å². The number of halogens is 1. The molecule has 1 saturated heterocycles. The fourth-order valence-electron chi connectivity index (χ4n) is 4.97. The minimum atomic E-state index is -0.621. The quantitative estimate of drug-likeness (QED) is 0.208. The molecule has 3 N–H and O–H groups in total. The molecule has 10 heteroatoms. The smallest absolute Gasteiger partial charge is 0.302 e. The monoisotopic (exact) mass is 546 g/mol. The van der Waals surface area contributed by atoms with E-state index in [4.69, 9.17) is 25.8 Å². The van der Waals surface area contributed by atoms with E-state index >= 15 is 0 Å². The minimum Gasteiger partial charge on any atom is -0.507 e. The fourth-order valence-corrected chi connectivity index (χ4v) is 5.25. The van der Waals surface area contributed by atoms with Gasteiger partial charge in [-0.2, -0.15) is 0 Å². The van der Waals surface area contributed by atoms with Crippen molar-refractivity contribution >= 4 is 34.8 Å². The molecule has 0 aromatic heterocycles. The zero-order valence-electron chi connectivity index (χ0n) is 22.5. The lowest BCUT2D eigenvalue weighted by Crippen LogP contribution is -2.39. The van der Waals surface area contributed by atoms with E-state index in [0.717, 1.165) is 5.69 Å². The van der Waals surface area contributed by atoms with Crippen molar-refractivity contribution in [3.05, 3.63) is 46.0 Å². The fraction of sp³-hybridized carbons (Fsp3) is 0.464. The van der Waals surface area contributed by atoms with Crippen molar-refractivity contribution in [3.8, 4) is 17.2 Å². The van der Waals surface area contributed by atoms with Crippen molar-refractivity contribution in [1.29, 1.82) is 0 Å². The van der Waals surface area contributed by atoms with Crippen LogP contribution in [0, 0.1) is 0 Å². The van der Waals surface area contributed by atoms with E-state index in [0.29, 0.717) is 24.3 Å². The van der Waals surface area contributed by atoms with Gasteiger partial charge in [-0.05, 0) is 51.9 Å². The average molecular weight is 547 g/mol.